The van der Waals surface area contributed by atoms with Gasteiger partial charge in [0.25, 0.3) is 0 Å². The average molecular weight is 271 g/mol. The molecule has 3 aromatic heterocycles. The second kappa shape index (κ2) is 4.76. The number of hydrogen-bond acceptors (Lipinski definition) is 5. The molecule has 3 rings (SSSR count). The zero-order chi connectivity index (χ0) is 14.1. The Balaban J connectivity index is 1.80. The van der Waals surface area contributed by atoms with Gasteiger partial charge in [-0.15, -0.1) is 5.10 Å². The third-order valence-corrected chi connectivity index (χ3v) is 2.82. The molecule has 3 aromatic rings. The van der Waals surface area contributed by atoms with E-state index in [1.54, 1.807) is 35.3 Å². The topological polar surface area (TPSA) is 74.3 Å². The van der Waals surface area contributed by atoms with Gasteiger partial charge in [0, 0.05) is 24.5 Å². The Hall–Kier alpha value is -2.70. The first-order valence-corrected chi connectivity index (χ1v) is 6.20. The highest BCUT2D eigenvalue weighted by atomic mass is 16.5. The first kappa shape index (κ1) is 12.3. The summed E-state index contributed by atoms with van der Waals surface area (Å²) in [5.74, 6) is -0.196. The van der Waals surface area contributed by atoms with Gasteiger partial charge in [0.15, 0.2) is 5.65 Å². The van der Waals surface area contributed by atoms with Crippen molar-refractivity contribution in [3.8, 4) is 5.88 Å². The van der Waals surface area contributed by atoms with Gasteiger partial charge in [-0.05, 0) is 26.0 Å². The molecule has 0 aliphatic heterocycles. The number of fused-ring (bicyclic) bond motifs is 1. The maximum absolute atomic E-state index is 12.0. The molecule has 0 saturated carbocycles. The van der Waals surface area contributed by atoms with Gasteiger partial charge in [-0.3, -0.25) is 4.68 Å². The van der Waals surface area contributed by atoms with E-state index in [1.807, 2.05) is 13.8 Å². The minimum absolute atomic E-state index is 0.217. The number of ether oxygens (including phenoxy) is 1. The fourth-order valence-corrected chi connectivity index (χ4v) is 1.75. The highest BCUT2D eigenvalue weighted by Crippen LogP contribution is 2.13. The Morgan fingerprint density at radius 1 is 1.30 bits per heavy atom. The molecule has 0 aromatic carbocycles. The molecular weight excluding hydrogens is 258 g/mol. The zero-order valence-corrected chi connectivity index (χ0v) is 11.1. The van der Waals surface area contributed by atoms with Crippen molar-refractivity contribution in [2.24, 2.45) is 0 Å². The molecule has 7 nitrogen and oxygen atoms in total. The summed E-state index contributed by atoms with van der Waals surface area (Å²) in [5.41, 5.74) is 1.06. The van der Waals surface area contributed by atoms with Crippen LogP contribution < -0.4 is 4.74 Å². The Morgan fingerprint density at radius 3 is 2.90 bits per heavy atom. The summed E-state index contributed by atoms with van der Waals surface area (Å²) >= 11 is 0. The molecule has 0 bridgehead atoms. The van der Waals surface area contributed by atoms with Crippen LogP contribution in [0.4, 0.5) is 0 Å². The molecule has 0 fully saturated rings. The summed E-state index contributed by atoms with van der Waals surface area (Å²) in [4.78, 5) is 16.0. The van der Waals surface area contributed by atoms with E-state index < -0.39 is 5.97 Å². The molecule has 0 unspecified atom stereocenters. The van der Waals surface area contributed by atoms with Crippen molar-refractivity contribution in [3.63, 3.8) is 0 Å². The van der Waals surface area contributed by atoms with Crippen molar-refractivity contribution in [2.45, 2.75) is 19.9 Å². The van der Waals surface area contributed by atoms with E-state index in [1.165, 1.54) is 10.8 Å². The largest absolute Gasteiger partial charge is 0.402 e. The monoisotopic (exact) mass is 271 g/mol. The molecule has 0 radical (unpaired) electrons. The van der Waals surface area contributed by atoms with Gasteiger partial charge in [0.1, 0.15) is 6.33 Å². The summed E-state index contributed by atoms with van der Waals surface area (Å²) in [6.07, 6.45) is 4.77. The minimum Gasteiger partial charge on any atom is -0.402 e. The van der Waals surface area contributed by atoms with Crippen molar-refractivity contribution >= 4 is 11.6 Å². The maximum Gasteiger partial charge on any atom is 0.346 e. The van der Waals surface area contributed by atoms with Crippen molar-refractivity contribution in [3.05, 3.63) is 42.5 Å². The van der Waals surface area contributed by atoms with E-state index in [2.05, 4.69) is 15.2 Å². The van der Waals surface area contributed by atoms with E-state index in [4.69, 9.17) is 4.74 Å². The normalized spacial score (nSPS) is 11.2. The quantitative estimate of drug-likeness (QED) is 0.678. The lowest BCUT2D eigenvalue weighted by molar-refractivity contribution is 0.0725. The molecule has 0 spiro atoms. The summed E-state index contributed by atoms with van der Waals surface area (Å²) in [5, 5.41) is 8.14. The molecular formula is C13H13N5O2. The van der Waals surface area contributed by atoms with Gasteiger partial charge in [-0.1, -0.05) is 0 Å². The van der Waals surface area contributed by atoms with Crippen LogP contribution >= 0.6 is 0 Å². The fourth-order valence-electron chi connectivity index (χ4n) is 1.75. The van der Waals surface area contributed by atoms with Gasteiger partial charge < -0.3 is 4.74 Å². The Morgan fingerprint density at radius 2 is 2.15 bits per heavy atom. The van der Waals surface area contributed by atoms with Gasteiger partial charge >= 0.3 is 5.97 Å². The highest BCUT2D eigenvalue weighted by molar-refractivity contribution is 5.90. The third-order valence-electron chi connectivity index (χ3n) is 2.82. The zero-order valence-electron chi connectivity index (χ0n) is 11.1. The molecule has 20 heavy (non-hydrogen) atoms. The highest BCUT2D eigenvalue weighted by Gasteiger charge is 2.12. The standard InChI is InChI=1S/C13H13N5O2/c1-9(2)17-6-5-12(16-17)20-13(19)10-3-4-11-14-8-15-18(11)7-10/h3-9H,1-2H3. The smallest absolute Gasteiger partial charge is 0.346 e. The van der Waals surface area contributed by atoms with Gasteiger partial charge in [0.05, 0.1) is 5.56 Å². The lowest BCUT2D eigenvalue weighted by Crippen LogP contribution is -2.10. The molecule has 0 amide bonds. The van der Waals surface area contributed by atoms with E-state index >= 15 is 0 Å². The second-order valence-electron chi connectivity index (χ2n) is 4.60. The summed E-state index contributed by atoms with van der Waals surface area (Å²) in [7, 11) is 0. The van der Waals surface area contributed by atoms with Crippen molar-refractivity contribution < 1.29 is 9.53 Å². The Kier molecular flexibility index (Phi) is 2.94. The van der Waals surface area contributed by atoms with E-state index in [0.29, 0.717) is 11.2 Å². The Labute approximate surface area is 114 Å². The molecule has 7 heteroatoms. The molecule has 0 aliphatic carbocycles. The SMILES string of the molecule is CC(C)n1ccc(OC(=O)c2ccc3ncnn3c2)n1. The van der Waals surface area contributed by atoms with E-state index in [0.717, 1.165) is 0 Å². The number of nitrogens with zero attached hydrogens (tertiary/aromatic N) is 5. The van der Waals surface area contributed by atoms with E-state index in [-0.39, 0.29) is 11.9 Å². The van der Waals surface area contributed by atoms with Crippen LogP contribution in [0.3, 0.4) is 0 Å². The number of pyridine rings is 1. The van der Waals surface area contributed by atoms with Gasteiger partial charge in [0.2, 0.25) is 5.88 Å². The van der Waals surface area contributed by atoms with Crippen LogP contribution in [0, 0.1) is 0 Å². The van der Waals surface area contributed by atoms with Crippen LogP contribution in [-0.4, -0.2) is 30.3 Å². The van der Waals surface area contributed by atoms with Crippen LogP contribution in [0.2, 0.25) is 0 Å². The molecule has 0 aliphatic rings. The molecule has 0 saturated heterocycles. The van der Waals surface area contributed by atoms with Crippen LogP contribution in [0.5, 0.6) is 5.88 Å². The first-order chi connectivity index (χ1) is 9.63. The number of rotatable bonds is 3. The lowest BCUT2D eigenvalue weighted by atomic mass is 10.3. The lowest BCUT2D eigenvalue weighted by Gasteiger charge is -2.04. The van der Waals surface area contributed by atoms with Crippen LogP contribution in [-0.2, 0) is 0 Å². The average Bonchev–Trinajstić information content (AvgIpc) is 3.05. The number of carbonyl (C=O) groups excluding carboxylic acids is 1. The number of carbonyl (C=O) groups is 1. The predicted molar refractivity (Wildman–Crippen MR) is 70.6 cm³/mol. The van der Waals surface area contributed by atoms with Gasteiger partial charge in [-0.2, -0.15) is 5.10 Å². The van der Waals surface area contributed by atoms with Crippen molar-refractivity contribution in [1.29, 1.82) is 0 Å². The fraction of sp³-hybridized carbons (Fsp3) is 0.231. The summed E-state index contributed by atoms with van der Waals surface area (Å²) < 4.78 is 8.47. The van der Waals surface area contributed by atoms with Crippen LogP contribution in [0.25, 0.3) is 5.65 Å². The number of aromatic nitrogens is 5. The Bertz CT molecular complexity index is 759. The van der Waals surface area contributed by atoms with Crippen molar-refractivity contribution in [1.82, 2.24) is 24.4 Å². The molecule has 3 heterocycles. The van der Waals surface area contributed by atoms with E-state index in [9.17, 15) is 4.79 Å². The molecule has 0 N–H and O–H groups in total. The van der Waals surface area contributed by atoms with Crippen LogP contribution in [0.1, 0.15) is 30.2 Å². The molecule has 0 atom stereocenters. The molecule has 102 valence electrons. The summed E-state index contributed by atoms with van der Waals surface area (Å²) in [6, 6.07) is 5.22. The number of hydrogen-bond donors (Lipinski definition) is 0. The third kappa shape index (κ3) is 2.25. The van der Waals surface area contributed by atoms with Gasteiger partial charge in [-0.25, -0.2) is 14.3 Å². The predicted octanol–water partition coefficient (Wildman–Crippen LogP) is 1.73. The van der Waals surface area contributed by atoms with Crippen LogP contribution in [0.15, 0.2) is 36.9 Å². The first-order valence-electron chi connectivity index (χ1n) is 6.20. The minimum atomic E-state index is -0.476. The van der Waals surface area contributed by atoms with Crippen molar-refractivity contribution in [2.75, 3.05) is 0 Å². The summed E-state index contributed by atoms with van der Waals surface area (Å²) in [6.45, 7) is 3.99. The number of esters is 1. The maximum atomic E-state index is 12.0. The second-order valence-corrected chi connectivity index (χ2v) is 4.60.